The van der Waals surface area contributed by atoms with Gasteiger partial charge in [-0.3, -0.25) is 4.99 Å². The van der Waals surface area contributed by atoms with Crippen LogP contribution >= 0.6 is 46.4 Å². The lowest BCUT2D eigenvalue weighted by molar-refractivity contribution is 0.414. The van der Waals surface area contributed by atoms with E-state index in [2.05, 4.69) is 15.1 Å². The maximum Gasteiger partial charge on any atom is 0.145 e. The summed E-state index contributed by atoms with van der Waals surface area (Å²) >= 11 is 23.7. The van der Waals surface area contributed by atoms with Crippen LogP contribution in [0.1, 0.15) is 18.4 Å². The van der Waals surface area contributed by atoms with Gasteiger partial charge in [0.15, 0.2) is 0 Å². The maximum atomic E-state index is 10.7. The summed E-state index contributed by atoms with van der Waals surface area (Å²) < 4.78 is 5.59. The quantitative estimate of drug-likeness (QED) is 0.195. The van der Waals surface area contributed by atoms with Gasteiger partial charge in [0.05, 0.1) is 28.5 Å². The Hall–Kier alpha value is -1.53. The van der Waals surface area contributed by atoms with Crippen LogP contribution in [0.3, 0.4) is 0 Å². The average Bonchev–Trinajstić information content (AvgIpc) is 2.72. The maximum absolute atomic E-state index is 10.7. The number of benzene rings is 2. The first-order valence-corrected chi connectivity index (χ1v) is 10.8. The minimum atomic E-state index is 0.00675. The summed E-state index contributed by atoms with van der Waals surface area (Å²) in [6.07, 6.45) is 3.40. The molecule has 0 aliphatic carbocycles. The Morgan fingerprint density at radius 3 is 2.17 bits per heavy atom. The number of hydrogen-bond acceptors (Lipinski definition) is 5. The van der Waals surface area contributed by atoms with Gasteiger partial charge in [-0.15, -0.1) is 28.1 Å². The number of nitroso groups, excluding NO2 is 1. The van der Waals surface area contributed by atoms with Crippen LogP contribution in [0.2, 0.25) is 10.0 Å². The zero-order valence-electron chi connectivity index (χ0n) is 15.9. The van der Waals surface area contributed by atoms with Gasteiger partial charge >= 0.3 is 0 Å². The van der Waals surface area contributed by atoms with Gasteiger partial charge < -0.3 is 9.64 Å². The molecule has 0 unspecified atom stereocenters. The molecule has 0 atom stereocenters. The highest BCUT2D eigenvalue weighted by Crippen LogP contribution is 2.37. The molecular formula is C20H21Cl4N3O2. The lowest BCUT2D eigenvalue weighted by Gasteiger charge is -2.26. The summed E-state index contributed by atoms with van der Waals surface area (Å²) in [6.45, 7) is 1.64. The van der Waals surface area contributed by atoms with Crippen LogP contribution in [0.5, 0.6) is 5.75 Å². The van der Waals surface area contributed by atoms with Crippen molar-refractivity contribution in [3.05, 3.63) is 50.8 Å². The number of anilines is 1. The molecule has 0 aromatic heterocycles. The summed E-state index contributed by atoms with van der Waals surface area (Å²) in [5.41, 5.74) is 2.34. The normalized spacial score (nSPS) is 11.1. The Morgan fingerprint density at radius 1 is 1.03 bits per heavy atom. The molecule has 0 N–H and O–H groups in total. The Labute approximate surface area is 190 Å². The number of ether oxygens (including phenoxy) is 1. The predicted molar refractivity (Wildman–Crippen MR) is 125 cm³/mol. The molecular weight excluding hydrogens is 456 g/mol. The molecule has 5 nitrogen and oxygen atoms in total. The van der Waals surface area contributed by atoms with Crippen molar-refractivity contribution in [1.82, 2.24) is 0 Å². The Bertz CT molecular complexity index is 831. The van der Waals surface area contributed by atoms with Gasteiger partial charge in [0, 0.05) is 31.1 Å². The van der Waals surface area contributed by atoms with Crippen molar-refractivity contribution in [2.24, 2.45) is 10.2 Å². The summed E-state index contributed by atoms with van der Waals surface area (Å²) in [7, 11) is 1.63. The van der Waals surface area contributed by atoms with Crippen LogP contribution in [-0.2, 0) is 0 Å². The third-order valence-corrected chi connectivity index (χ3v) is 5.23. The van der Waals surface area contributed by atoms with Gasteiger partial charge in [0.25, 0.3) is 0 Å². The second-order valence-corrected chi connectivity index (χ2v) is 7.68. The fourth-order valence-corrected chi connectivity index (χ4v) is 3.54. The molecule has 0 bridgehead atoms. The number of alkyl halides is 2. The first kappa shape index (κ1) is 23.7. The van der Waals surface area contributed by atoms with Gasteiger partial charge in [-0.2, -0.15) is 0 Å². The van der Waals surface area contributed by atoms with E-state index < -0.39 is 0 Å². The standard InChI is InChI=1S/C20H21Cl4N3O2/c1-29-19-10-14(4-5-18(19)27(8-2-6-21)9-3-7-22)13-25-15-11-16(23)20(26-28)17(24)12-15/h4-5,10-13H,2-3,6-9H2,1H3. The lowest BCUT2D eigenvalue weighted by Crippen LogP contribution is -2.26. The molecule has 0 saturated carbocycles. The molecule has 0 radical (unpaired) electrons. The van der Waals surface area contributed by atoms with Gasteiger partial charge in [0.2, 0.25) is 0 Å². The highest BCUT2D eigenvalue weighted by atomic mass is 35.5. The van der Waals surface area contributed by atoms with Crippen LogP contribution in [0.4, 0.5) is 17.1 Å². The number of hydrogen-bond donors (Lipinski definition) is 0. The van der Waals surface area contributed by atoms with Gasteiger partial charge in [-0.05, 0) is 47.8 Å². The monoisotopic (exact) mass is 475 g/mol. The third kappa shape index (κ3) is 6.75. The Balaban J connectivity index is 2.27. The van der Waals surface area contributed by atoms with E-state index in [1.807, 2.05) is 18.2 Å². The fourth-order valence-electron chi connectivity index (χ4n) is 2.75. The SMILES string of the molecule is COc1cc(C=Nc2cc(Cl)c(N=O)c(Cl)c2)ccc1N(CCCCl)CCCCl. The molecule has 0 aliphatic heterocycles. The number of nitrogens with zero attached hydrogens (tertiary/aromatic N) is 3. The van der Waals surface area contributed by atoms with Gasteiger partial charge in [0.1, 0.15) is 11.4 Å². The lowest BCUT2D eigenvalue weighted by atomic mass is 10.1. The van der Waals surface area contributed by atoms with E-state index in [1.165, 1.54) is 12.1 Å². The number of halogens is 4. The number of methoxy groups -OCH3 is 1. The van der Waals surface area contributed by atoms with Crippen LogP contribution < -0.4 is 9.64 Å². The molecule has 0 spiro atoms. The van der Waals surface area contributed by atoms with Crippen molar-refractivity contribution < 1.29 is 4.74 Å². The van der Waals surface area contributed by atoms with E-state index >= 15 is 0 Å². The minimum absolute atomic E-state index is 0.00675. The summed E-state index contributed by atoms with van der Waals surface area (Å²) in [6, 6.07) is 8.90. The fraction of sp³-hybridized carbons (Fsp3) is 0.350. The van der Waals surface area contributed by atoms with E-state index in [0.29, 0.717) is 17.4 Å². The summed E-state index contributed by atoms with van der Waals surface area (Å²) in [5.74, 6) is 1.91. The highest BCUT2D eigenvalue weighted by molar-refractivity contribution is 6.39. The van der Waals surface area contributed by atoms with Crippen LogP contribution in [0.25, 0.3) is 0 Å². The second kappa shape index (κ2) is 12.2. The van der Waals surface area contributed by atoms with E-state index in [0.717, 1.165) is 42.9 Å². The van der Waals surface area contributed by atoms with Crippen molar-refractivity contribution in [3.8, 4) is 5.75 Å². The smallest absolute Gasteiger partial charge is 0.145 e. The Morgan fingerprint density at radius 2 is 1.66 bits per heavy atom. The Kier molecular flexibility index (Phi) is 10.0. The molecule has 0 fully saturated rings. The molecule has 2 aromatic carbocycles. The predicted octanol–water partition coefficient (Wildman–Crippen LogP) is 7.21. The third-order valence-electron chi connectivity index (χ3n) is 4.12. The number of rotatable bonds is 11. The van der Waals surface area contributed by atoms with E-state index in [9.17, 15) is 4.91 Å². The molecule has 2 aromatic rings. The van der Waals surface area contributed by atoms with Crippen molar-refractivity contribution in [3.63, 3.8) is 0 Å². The molecule has 9 heteroatoms. The molecule has 0 heterocycles. The topological polar surface area (TPSA) is 54.3 Å². The summed E-state index contributed by atoms with van der Waals surface area (Å²) in [4.78, 5) is 17.3. The highest BCUT2D eigenvalue weighted by Gasteiger charge is 2.13. The van der Waals surface area contributed by atoms with Crippen molar-refractivity contribution >= 4 is 69.7 Å². The van der Waals surface area contributed by atoms with Crippen molar-refractivity contribution in [2.75, 3.05) is 36.9 Å². The van der Waals surface area contributed by atoms with Crippen molar-refractivity contribution in [2.45, 2.75) is 12.8 Å². The number of aliphatic imine (C=N–C) groups is 1. The molecule has 29 heavy (non-hydrogen) atoms. The molecule has 2 rings (SSSR count). The summed E-state index contributed by atoms with van der Waals surface area (Å²) in [5, 5.41) is 3.13. The van der Waals surface area contributed by atoms with Gasteiger partial charge in [-0.1, -0.05) is 29.3 Å². The van der Waals surface area contributed by atoms with Crippen LogP contribution in [0.15, 0.2) is 40.5 Å². The van der Waals surface area contributed by atoms with Crippen LogP contribution in [0, 0.1) is 4.91 Å². The van der Waals surface area contributed by atoms with Crippen molar-refractivity contribution in [1.29, 1.82) is 0 Å². The largest absolute Gasteiger partial charge is 0.495 e. The van der Waals surface area contributed by atoms with E-state index in [4.69, 9.17) is 51.1 Å². The first-order chi connectivity index (χ1) is 14.0. The zero-order valence-corrected chi connectivity index (χ0v) is 18.9. The van der Waals surface area contributed by atoms with Crippen LogP contribution in [-0.4, -0.2) is 38.2 Å². The van der Waals surface area contributed by atoms with E-state index in [1.54, 1.807) is 13.3 Å². The molecule has 0 aliphatic rings. The van der Waals surface area contributed by atoms with E-state index in [-0.39, 0.29) is 15.7 Å². The first-order valence-electron chi connectivity index (χ1n) is 8.95. The second-order valence-electron chi connectivity index (χ2n) is 6.11. The average molecular weight is 477 g/mol. The molecule has 0 amide bonds. The zero-order chi connectivity index (χ0) is 21.2. The molecule has 0 saturated heterocycles. The molecule has 156 valence electrons. The minimum Gasteiger partial charge on any atom is -0.495 e. The van der Waals surface area contributed by atoms with Gasteiger partial charge in [-0.25, -0.2) is 0 Å².